The predicted octanol–water partition coefficient (Wildman–Crippen LogP) is 5.11. The molecule has 0 saturated heterocycles. The highest BCUT2D eigenvalue weighted by Gasteiger charge is 2.20. The van der Waals surface area contributed by atoms with Crippen LogP contribution < -0.4 is 15.0 Å². The highest BCUT2D eigenvalue weighted by atomic mass is 35.5. The average Bonchev–Trinajstić information content (AvgIpc) is 3.15. The van der Waals surface area contributed by atoms with E-state index in [1.54, 1.807) is 25.3 Å². The van der Waals surface area contributed by atoms with Gasteiger partial charge >= 0.3 is 0 Å². The Morgan fingerprint density at radius 1 is 1.19 bits per heavy atom. The van der Waals surface area contributed by atoms with E-state index in [0.717, 1.165) is 24.5 Å². The van der Waals surface area contributed by atoms with Crippen LogP contribution in [-0.4, -0.2) is 46.1 Å². The number of ether oxygens (including phenoxy) is 1. The number of anilines is 2. The van der Waals surface area contributed by atoms with Crippen LogP contribution in [0.3, 0.4) is 0 Å². The molecule has 1 N–H and O–H groups in total. The molecule has 1 heterocycles. The van der Waals surface area contributed by atoms with E-state index in [1.165, 1.54) is 17.4 Å². The van der Waals surface area contributed by atoms with Gasteiger partial charge < -0.3 is 19.5 Å². The van der Waals surface area contributed by atoms with Gasteiger partial charge in [-0.2, -0.15) is 0 Å². The van der Waals surface area contributed by atoms with E-state index in [4.69, 9.17) is 16.3 Å². The maximum atomic E-state index is 12.7. The molecule has 0 aliphatic heterocycles. The van der Waals surface area contributed by atoms with Crippen LogP contribution in [0.15, 0.2) is 47.6 Å². The van der Waals surface area contributed by atoms with Crippen molar-refractivity contribution >= 4 is 40.6 Å². The molecular weight excluding hydrogens is 446 g/mol. The number of amides is 1. The molecule has 0 radical (unpaired) electrons. The van der Waals surface area contributed by atoms with Crippen molar-refractivity contribution in [1.29, 1.82) is 0 Å². The molecule has 170 valence electrons. The number of hydrogen-bond donors (Lipinski definition) is 1. The highest BCUT2D eigenvalue weighted by Crippen LogP contribution is 2.29. The van der Waals surface area contributed by atoms with Gasteiger partial charge in [0, 0.05) is 37.1 Å². The minimum absolute atomic E-state index is 0.149. The first-order valence-electron chi connectivity index (χ1n) is 10.4. The molecule has 1 atom stereocenters. The van der Waals surface area contributed by atoms with Gasteiger partial charge in [0.1, 0.15) is 5.75 Å². The molecule has 2 aromatic carbocycles. The second kappa shape index (κ2) is 10.7. The fourth-order valence-electron chi connectivity index (χ4n) is 3.28. The summed E-state index contributed by atoms with van der Waals surface area (Å²) in [5.74, 6) is 1.17. The molecule has 0 aliphatic carbocycles. The molecular formula is C23H28ClN5O2S. The number of methoxy groups -OCH3 is 1. The van der Waals surface area contributed by atoms with Crippen LogP contribution in [0.2, 0.25) is 5.02 Å². The first kappa shape index (κ1) is 23.9. The molecule has 32 heavy (non-hydrogen) atoms. The van der Waals surface area contributed by atoms with E-state index >= 15 is 0 Å². The van der Waals surface area contributed by atoms with Crippen molar-refractivity contribution in [3.63, 3.8) is 0 Å². The molecule has 0 fully saturated rings. The Morgan fingerprint density at radius 3 is 2.47 bits per heavy atom. The van der Waals surface area contributed by atoms with Crippen LogP contribution in [0.25, 0.3) is 11.4 Å². The number of rotatable bonds is 9. The van der Waals surface area contributed by atoms with Gasteiger partial charge in [-0.05, 0) is 63.2 Å². The maximum Gasteiger partial charge on any atom is 0.237 e. The first-order chi connectivity index (χ1) is 15.4. The summed E-state index contributed by atoms with van der Waals surface area (Å²) in [4.78, 5) is 15.0. The van der Waals surface area contributed by atoms with Gasteiger partial charge in [-0.3, -0.25) is 4.79 Å². The monoisotopic (exact) mass is 473 g/mol. The van der Waals surface area contributed by atoms with E-state index < -0.39 is 0 Å². The molecule has 7 nitrogen and oxygen atoms in total. The zero-order chi connectivity index (χ0) is 23.3. The topological polar surface area (TPSA) is 72.3 Å². The summed E-state index contributed by atoms with van der Waals surface area (Å²) in [7, 11) is 3.45. The number of benzene rings is 2. The van der Waals surface area contributed by atoms with Crippen molar-refractivity contribution in [2.75, 3.05) is 30.4 Å². The largest absolute Gasteiger partial charge is 0.495 e. The quantitative estimate of drug-likeness (QED) is 0.435. The number of thioether (sulfide) groups is 1. The summed E-state index contributed by atoms with van der Waals surface area (Å²) in [6, 6.07) is 13.4. The van der Waals surface area contributed by atoms with E-state index in [2.05, 4.69) is 58.5 Å². The van der Waals surface area contributed by atoms with Gasteiger partial charge in [0.25, 0.3) is 0 Å². The molecule has 1 unspecified atom stereocenters. The van der Waals surface area contributed by atoms with Crippen molar-refractivity contribution in [1.82, 2.24) is 14.8 Å². The molecule has 0 bridgehead atoms. The van der Waals surface area contributed by atoms with Gasteiger partial charge in [0.05, 0.1) is 17.4 Å². The second-order valence-corrected chi connectivity index (χ2v) is 8.90. The lowest BCUT2D eigenvalue weighted by atomic mass is 10.2. The number of hydrogen-bond acceptors (Lipinski definition) is 6. The van der Waals surface area contributed by atoms with Crippen molar-refractivity contribution in [3.05, 3.63) is 47.5 Å². The van der Waals surface area contributed by atoms with Crippen LogP contribution in [0.4, 0.5) is 11.4 Å². The van der Waals surface area contributed by atoms with E-state index in [-0.39, 0.29) is 11.2 Å². The third-order valence-corrected chi connectivity index (χ3v) is 6.59. The molecule has 0 spiro atoms. The SMILES string of the molecule is CCN(CC)c1ccc(-c2nnc(SC(C)C(=O)Nc3ccc(OC)c(Cl)c3)n2C)cc1. The van der Waals surface area contributed by atoms with Gasteiger partial charge in [-0.1, -0.05) is 23.4 Å². The van der Waals surface area contributed by atoms with Crippen LogP contribution in [0.5, 0.6) is 5.75 Å². The molecule has 1 aromatic heterocycles. The van der Waals surface area contributed by atoms with Crippen molar-refractivity contribution in [2.45, 2.75) is 31.2 Å². The molecule has 0 saturated carbocycles. The number of carbonyl (C=O) groups is 1. The van der Waals surface area contributed by atoms with Crippen molar-refractivity contribution in [3.8, 4) is 17.1 Å². The highest BCUT2D eigenvalue weighted by molar-refractivity contribution is 8.00. The summed E-state index contributed by atoms with van der Waals surface area (Å²) >= 11 is 7.49. The summed E-state index contributed by atoms with van der Waals surface area (Å²) in [5.41, 5.74) is 2.77. The van der Waals surface area contributed by atoms with Crippen LogP contribution >= 0.6 is 23.4 Å². The van der Waals surface area contributed by atoms with Crippen LogP contribution in [-0.2, 0) is 11.8 Å². The number of halogens is 1. The maximum absolute atomic E-state index is 12.7. The average molecular weight is 474 g/mol. The summed E-state index contributed by atoms with van der Waals surface area (Å²) in [6.07, 6.45) is 0. The van der Waals surface area contributed by atoms with Gasteiger partial charge in [0.2, 0.25) is 5.91 Å². The minimum atomic E-state index is -0.378. The smallest absolute Gasteiger partial charge is 0.237 e. The molecule has 9 heteroatoms. The Hall–Kier alpha value is -2.71. The molecule has 0 aliphatic rings. The Balaban J connectivity index is 1.68. The minimum Gasteiger partial charge on any atom is -0.495 e. The number of aromatic nitrogens is 3. The zero-order valence-electron chi connectivity index (χ0n) is 18.9. The summed E-state index contributed by atoms with van der Waals surface area (Å²) in [5, 5.41) is 12.2. The molecule has 1 amide bonds. The number of nitrogens with one attached hydrogen (secondary N) is 1. The summed E-state index contributed by atoms with van der Waals surface area (Å²) in [6.45, 7) is 8.04. The molecule has 3 aromatic rings. The third-order valence-electron chi connectivity index (χ3n) is 5.16. The Labute approximate surface area is 198 Å². The number of nitrogens with zero attached hydrogens (tertiary/aromatic N) is 4. The summed E-state index contributed by atoms with van der Waals surface area (Å²) < 4.78 is 7.05. The standard InChI is InChI=1S/C23H28ClN5O2S/c1-6-29(7-2)18-11-8-16(9-12-18)21-26-27-23(28(21)4)32-15(3)22(30)25-17-10-13-20(31-5)19(24)14-17/h8-15H,6-7H2,1-5H3,(H,25,30). The Morgan fingerprint density at radius 2 is 1.88 bits per heavy atom. The van der Waals surface area contributed by atoms with Crippen LogP contribution in [0, 0.1) is 0 Å². The van der Waals surface area contributed by atoms with Gasteiger partial charge in [-0.25, -0.2) is 0 Å². The molecule has 3 rings (SSSR count). The lowest BCUT2D eigenvalue weighted by Gasteiger charge is -2.21. The van der Waals surface area contributed by atoms with Crippen LogP contribution in [0.1, 0.15) is 20.8 Å². The first-order valence-corrected chi connectivity index (χ1v) is 11.7. The predicted molar refractivity (Wildman–Crippen MR) is 132 cm³/mol. The number of carbonyl (C=O) groups excluding carboxylic acids is 1. The normalized spacial score (nSPS) is 11.8. The Bertz CT molecular complexity index is 1070. The lowest BCUT2D eigenvalue weighted by molar-refractivity contribution is -0.115. The Kier molecular flexibility index (Phi) is 8.04. The van der Waals surface area contributed by atoms with Gasteiger partial charge in [-0.15, -0.1) is 10.2 Å². The van der Waals surface area contributed by atoms with E-state index in [1.807, 2.05) is 18.5 Å². The lowest BCUT2D eigenvalue weighted by Crippen LogP contribution is -2.22. The second-order valence-electron chi connectivity index (χ2n) is 7.18. The van der Waals surface area contributed by atoms with Crippen molar-refractivity contribution < 1.29 is 9.53 Å². The van der Waals surface area contributed by atoms with Crippen molar-refractivity contribution in [2.24, 2.45) is 7.05 Å². The fraction of sp³-hybridized carbons (Fsp3) is 0.348. The van der Waals surface area contributed by atoms with E-state index in [9.17, 15) is 4.79 Å². The third kappa shape index (κ3) is 5.37. The van der Waals surface area contributed by atoms with Gasteiger partial charge in [0.15, 0.2) is 11.0 Å². The zero-order valence-corrected chi connectivity index (χ0v) is 20.5. The fourth-order valence-corrected chi connectivity index (χ4v) is 4.35. The van der Waals surface area contributed by atoms with E-state index in [0.29, 0.717) is 21.6 Å².